The minimum Gasteiger partial charge on any atom is -0.399 e. The van der Waals surface area contributed by atoms with Crippen LogP contribution in [0.4, 0.5) is 5.69 Å². The van der Waals surface area contributed by atoms with Gasteiger partial charge in [-0.3, -0.25) is 4.21 Å². The molecule has 1 unspecified atom stereocenters. The molecule has 0 aromatic heterocycles. The molecule has 0 saturated heterocycles. The van der Waals surface area contributed by atoms with E-state index >= 15 is 0 Å². The minimum atomic E-state index is -1.19. The normalized spacial score (nSPS) is 12.3. The lowest BCUT2D eigenvalue weighted by atomic mass is 10.2. The van der Waals surface area contributed by atoms with Crippen LogP contribution in [0.2, 0.25) is 10.0 Å². The molecule has 0 aliphatic rings. The monoisotopic (exact) mass is 299 g/mol. The summed E-state index contributed by atoms with van der Waals surface area (Å²) < 4.78 is 12.2. The van der Waals surface area contributed by atoms with Gasteiger partial charge in [-0.1, -0.05) is 35.3 Å². The maximum absolute atomic E-state index is 12.2. The van der Waals surface area contributed by atoms with Crippen molar-refractivity contribution in [2.24, 2.45) is 0 Å². The molecule has 1 atom stereocenters. The first-order chi connectivity index (χ1) is 8.56. The third-order valence-electron chi connectivity index (χ3n) is 2.41. The fourth-order valence-corrected chi connectivity index (χ4v) is 3.23. The molecule has 0 aliphatic carbocycles. The van der Waals surface area contributed by atoms with E-state index in [-0.39, 0.29) is 0 Å². The zero-order valence-corrected chi connectivity index (χ0v) is 11.7. The van der Waals surface area contributed by atoms with Crippen molar-refractivity contribution in [1.29, 1.82) is 0 Å². The van der Waals surface area contributed by atoms with Crippen LogP contribution in [0.25, 0.3) is 0 Å². The van der Waals surface area contributed by atoms with E-state index in [1.165, 1.54) is 0 Å². The molecule has 0 amide bonds. The van der Waals surface area contributed by atoms with E-state index in [9.17, 15) is 4.21 Å². The van der Waals surface area contributed by atoms with Gasteiger partial charge in [0.05, 0.1) is 26.5 Å². The number of hydrogen-bond donors (Lipinski definition) is 1. The summed E-state index contributed by atoms with van der Waals surface area (Å²) in [4.78, 5) is 0.598. The second kappa shape index (κ2) is 5.74. The van der Waals surface area contributed by atoms with Gasteiger partial charge in [0.2, 0.25) is 0 Å². The summed E-state index contributed by atoms with van der Waals surface area (Å²) >= 11 is 11.8. The van der Waals surface area contributed by atoms with Crippen molar-refractivity contribution in [3.8, 4) is 0 Å². The van der Waals surface area contributed by atoms with Crippen molar-refractivity contribution in [3.05, 3.63) is 58.1 Å². The van der Waals surface area contributed by atoms with Crippen LogP contribution in [0.1, 0.15) is 5.56 Å². The van der Waals surface area contributed by atoms with Gasteiger partial charge in [0.25, 0.3) is 0 Å². The van der Waals surface area contributed by atoms with Gasteiger partial charge in [-0.05, 0) is 35.9 Å². The minimum absolute atomic E-state index is 0.404. The van der Waals surface area contributed by atoms with Crippen LogP contribution in [-0.4, -0.2) is 4.21 Å². The molecule has 2 N–H and O–H groups in total. The smallest absolute Gasteiger partial charge is 0.0589 e. The predicted molar refractivity (Wildman–Crippen MR) is 77.4 cm³/mol. The summed E-state index contributed by atoms with van der Waals surface area (Å²) in [5, 5.41) is 1.09. The van der Waals surface area contributed by atoms with Crippen LogP contribution in [-0.2, 0) is 16.6 Å². The molecule has 0 bridgehead atoms. The Kier molecular flexibility index (Phi) is 4.27. The Bertz CT molecular complexity index is 584. The quantitative estimate of drug-likeness (QED) is 0.874. The van der Waals surface area contributed by atoms with Crippen molar-refractivity contribution < 1.29 is 4.21 Å². The number of nitrogens with two attached hydrogens (primary N) is 1. The lowest BCUT2D eigenvalue weighted by Crippen LogP contribution is -1.98. The van der Waals surface area contributed by atoms with E-state index < -0.39 is 10.8 Å². The van der Waals surface area contributed by atoms with Crippen molar-refractivity contribution >= 4 is 39.7 Å². The summed E-state index contributed by atoms with van der Waals surface area (Å²) in [6.45, 7) is 0. The Morgan fingerprint density at radius 1 is 1.06 bits per heavy atom. The van der Waals surface area contributed by atoms with Gasteiger partial charge < -0.3 is 5.73 Å². The molecule has 2 aromatic carbocycles. The molecule has 0 radical (unpaired) electrons. The van der Waals surface area contributed by atoms with Gasteiger partial charge in [-0.2, -0.15) is 0 Å². The lowest BCUT2D eigenvalue weighted by Gasteiger charge is -2.06. The fraction of sp³-hybridized carbons (Fsp3) is 0.0769. The maximum Gasteiger partial charge on any atom is 0.0589 e. The van der Waals surface area contributed by atoms with Gasteiger partial charge in [-0.25, -0.2) is 0 Å². The van der Waals surface area contributed by atoms with E-state index in [0.717, 1.165) is 5.56 Å². The highest BCUT2D eigenvalue weighted by atomic mass is 35.5. The summed E-state index contributed by atoms with van der Waals surface area (Å²) in [6.07, 6.45) is 0. The van der Waals surface area contributed by atoms with Crippen LogP contribution in [0, 0.1) is 0 Å². The van der Waals surface area contributed by atoms with Crippen LogP contribution in [0.15, 0.2) is 47.4 Å². The van der Waals surface area contributed by atoms with Gasteiger partial charge in [0.1, 0.15) is 0 Å². The summed E-state index contributed by atoms with van der Waals surface area (Å²) in [7, 11) is -1.19. The molecule has 0 aliphatic heterocycles. The van der Waals surface area contributed by atoms with Crippen LogP contribution in [0.5, 0.6) is 0 Å². The van der Waals surface area contributed by atoms with E-state index in [1.54, 1.807) is 30.3 Å². The molecular formula is C13H11Cl2NOS. The summed E-state index contributed by atoms with van der Waals surface area (Å²) in [5.41, 5.74) is 7.11. The topological polar surface area (TPSA) is 43.1 Å². The van der Waals surface area contributed by atoms with Crippen LogP contribution >= 0.6 is 23.2 Å². The van der Waals surface area contributed by atoms with E-state index in [2.05, 4.69) is 0 Å². The van der Waals surface area contributed by atoms with Gasteiger partial charge in [-0.15, -0.1) is 0 Å². The molecule has 0 fully saturated rings. The molecule has 0 spiro atoms. The van der Waals surface area contributed by atoms with Crippen LogP contribution < -0.4 is 5.73 Å². The van der Waals surface area contributed by atoms with E-state index in [1.807, 2.05) is 12.1 Å². The molecule has 0 saturated carbocycles. The van der Waals surface area contributed by atoms with Crippen molar-refractivity contribution in [2.45, 2.75) is 10.6 Å². The fourth-order valence-electron chi connectivity index (χ4n) is 1.51. The molecular weight excluding hydrogens is 289 g/mol. The summed E-state index contributed by atoms with van der Waals surface area (Å²) in [6, 6.07) is 12.3. The van der Waals surface area contributed by atoms with Crippen molar-refractivity contribution in [1.82, 2.24) is 0 Å². The Labute approximate surface area is 118 Å². The highest BCUT2D eigenvalue weighted by molar-refractivity contribution is 7.84. The standard InChI is InChI=1S/C13H11Cl2NOS/c14-10-3-1-9(2-4-10)8-18(17)13-6-5-11(16)7-12(13)15/h1-7H,8,16H2. The largest absolute Gasteiger partial charge is 0.399 e. The molecule has 18 heavy (non-hydrogen) atoms. The average Bonchev–Trinajstić information content (AvgIpc) is 2.32. The molecule has 94 valence electrons. The first kappa shape index (κ1) is 13.4. The second-order valence-electron chi connectivity index (χ2n) is 3.81. The Morgan fingerprint density at radius 3 is 2.33 bits per heavy atom. The van der Waals surface area contributed by atoms with Gasteiger partial charge >= 0.3 is 0 Å². The number of anilines is 1. The van der Waals surface area contributed by atoms with Crippen molar-refractivity contribution in [3.63, 3.8) is 0 Å². The number of halogens is 2. The first-order valence-electron chi connectivity index (χ1n) is 5.24. The molecule has 2 nitrogen and oxygen atoms in total. The molecule has 0 heterocycles. The van der Waals surface area contributed by atoms with E-state index in [4.69, 9.17) is 28.9 Å². The Morgan fingerprint density at radius 2 is 1.72 bits per heavy atom. The SMILES string of the molecule is Nc1ccc(S(=O)Cc2ccc(Cl)cc2)c(Cl)c1. The third-order valence-corrected chi connectivity index (χ3v) is 4.53. The number of nitrogen functional groups attached to an aromatic ring is 1. The van der Waals surface area contributed by atoms with Crippen molar-refractivity contribution in [2.75, 3.05) is 5.73 Å². The van der Waals surface area contributed by atoms with Crippen LogP contribution in [0.3, 0.4) is 0 Å². The molecule has 2 aromatic rings. The Hall–Kier alpha value is -1.03. The highest BCUT2D eigenvalue weighted by Gasteiger charge is 2.09. The van der Waals surface area contributed by atoms with Gasteiger partial charge in [0.15, 0.2) is 0 Å². The number of hydrogen-bond acceptors (Lipinski definition) is 2. The summed E-state index contributed by atoms with van der Waals surface area (Å²) in [5.74, 6) is 0.404. The first-order valence-corrected chi connectivity index (χ1v) is 7.31. The molecule has 2 rings (SSSR count). The van der Waals surface area contributed by atoms with Gasteiger partial charge in [0, 0.05) is 10.7 Å². The van der Waals surface area contributed by atoms with E-state index in [0.29, 0.717) is 26.4 Å². The second-order valence-corrected chi connectivity index (χ2v) is 6.07. The number of benzene rings is 2. The maximum atomic E-state index is 12.2. The zero-order chi connectivity index (χ0) is 13.1. The Balaban J connectivity index is 2.19. The third kappa shape index (κ3) is 3.25. The zero-order valence-electron chi connectivity index (χ0n) is 9.40. The molecule has 5 heteroatoms. The highest BCUT2D eigenvalue weighted by Crippen LogP contribution is 2.24. The average molecular weight is 300 g/mol. The lowest BCUT2D eigenvalue weighted by molar-refractivity contribution is 0.682. The number of rotatable bonds is 3. The predicted octanol–water partition coefficient (Wildman–Crippen LogP) is 3.88.